The molecule has 8 heteroatoms. The lowest BCUT2D eigenvalue weighted by atomic mass is 10.3. The Morgan fingerprint density at radius 3 is 2.64 bits per heavy atom. The fourth-order valence-electron chi connectivity index (χ4n) is 3.23. The molecule has 1 saturated heterocycles. The van der Waals surface area contributed by atoms with Gasteiger partial charge in [-0.25, -0.2) is 0 Å². The summed E-state index contributed by atoms with van der Waals surface area (Å²) in [5.41, 5.74) is 0.613. The van der Waals surface area contributed by atoms with Gasteiger partial charge in [-0.05, 0) is 19.1 Å². The predicted molar refractivity (Wildman–Crippen MR) is 108 cm³/mol. The molecular formula is C20H22N6O2. The number of fused-ring (bicyclic) bond motifs is 1. The Kier molecular flexibility index (Phi) is 5.00. The molecule has 144 valence electrons. The first-order valence-electron chi connectivity index (χ1n) is 9.24. The van der Waals surface area contributed by atoms with Crippen LogP contribution in [0, 0.1) is 11.8 Å². The maximum atomic E-state index is 13.1. The number of para-hydroxylation sites is 1. The van der Waals surface area contributed by atoms with E-state index in [0.717, 1.165) is 32.1 Å². The maximum Gasteiger partial charge on any atom is 0.306 e. The van der Waals surface area contributed by atoms with E-state index >= 15 is 0 Å². The summed E-state index contributed by atoms with van der Waals surface area (Å²) < 4.78 is 9.10. The monoisotopic (exact) mass is 378 g/mol. The Bertz CT molecular complexity index is 1100. The van der Waals surface area contributed by atoms with Crippen molar-refractivity contribution < 1.29 is 4.74 Å². The summed E-state index contributed by atoms with van der Waals surface area (Å²) in [6.45, 7) is 5.55. The number of hydrogen-bond donors (Lipinski definition) is 1. The maximum absolute atomic E-state index is 13.1. The lowest BCUT2D eigenvalue weighted by molar-refractivity contribution is 0.415. The van der Waals surface area contributed by atoms with Gasteiger partial charge >= 0.3 is 6.01 Å². The molecule has 0 bridgehead atoms. The van der Waals surface area contributed by atoms with Gasteiger partial charge in [0.2, 0.25) is 5.95 Å². The third kappa shape index (κ3) is 3.32. The Morgan fingerprint density at radius 1 is 1.18 bits per heavy atom. The molecule has 0 unspecified atom stereocenters. The highest BCUT2D eigenvalue weighted by atomic mass is 16.5. The molecule has 1 aliphatic heterocycles. The predicted octanol–water partition coefficient (Wildman–Crippen LogP) is 1.36. The average Bonchev–Trinajstić information content (AvgIpc) is 3.10. The standard InChI is InChI=1S/C20H22N6O2/c1-3-4-12-26-16-17(22-19(26)25-13-10-21-11-14-25)23-20(24(2)18(16)27)28-15-8-6-5-7-9-15/h5-9,21H,10-14H2,1-2H3. The summed E-state index contributed by atoms with van der Waals surface area (Å²) in [4.78, 5) is 24.5. The second kappa shape index (κ2) is 7.74. The van der Waals surface area contributed by atoms with Crippen molar-refractivity contribution in [1.82, 2.24) is 24.4 Å². The van der Waals surface area contributed by atoms with Gasteiger partial charge in [0.05, 0.1) is 6.54 Å². The summed E-state index contributed by atoms with van der Waals surface area (Å²) in [5.74, 6) is 7.28. The van der Waals surface area contributed by atoms with Gasteiger partial charge in [-0.3, -0.25) is 13.9 Å². The van der Waals surface area contributed by atoms with Gasteiger partial charge in [0, 0.05) is 33.2 Å². The highest BCUT2D eigenvalue weighted by molar-refractivity contribution is 5.75. The van der Waals surface area contributed by atoms with E-state index in [1.54, 1.807) is 14.0 Å². The number of ether oxygens (including phenoxy) is 1. The van der Waals surface area contributed by atoms with Crippen LogP contribution in [0.2, 0.25) is 0 Å². The lowest BCUT2D eigenvalue weighted by Gasteiger charge is -2.28. The Hall–Kier alpha value is -3.31. The molecule has 0 radical (unpaired) electrons. The van der Waals surface area contributed by atoms with Crippen molar-refractivity contribution in [2.45, 2.75) is 13.5 Å². The molecule has 3 heterocycles. The number of nitrogens with zero attached hydrogens (tertiary/aromatic N) is 5. The quantitative estimate of drug-likeness (QED) is 0.691. The van der Waals surface area contributed by atoms with Crippen LogP contribution < -0.4 is 20.5 Å². The number of piperazine rings is 1. The highest BCUT2D eigenvalue weighted by Crippen LogP contribution is 2.23. The third-order valence-electron chi connectivity index (χ3n) is 4.69. The van der Waals surface area contributed by atoms with Gasteiger partial charge in [-0.1, -0.05) is 24.1 Å². The third-order valence-corrected chi connectivity index (χ3v) is 4.69. The molecule has 3 aromatic rings. The molecule has 0 spiro atoms. The Balaban J connectivity index is 1.85. The van der Waals surface area contributed by atoms with E-state index in [2.05, 4.69) is 32.0 Å². The lowest BCUT2D eigenvalue weighted by Crippen LogP contribution is -2.44. The van der Waals surface area contributed by atoms with Crippen LogP contribution in [-0.4, -0.2) is 45.3 Å². The van der Waals surface area contributed by atoms with Gasteiger partial charge in [-0.15, -0.1) is 5.92 Å². The van der Waals surface area contributed by atoms with Crippen LogP contribution in [0.3, 0.4) is 0 Å². The molecule has 28 heavy (non-hydrogen) atoms. The zero-order valence-electron chi connectivity index (χ0n) is 16.0. The first kappa shape index (κ1) is 18.1. The number of rotatable bonds is 4. The van der Waals surface area contributed by atoms with Crippen molar-refractivity contribution in [2.24, 2.45) is 7.05 Å². The van der Waals surface area contributed by atoms with E-state index in [1.165, 1.54) is 4.57 Å². The molecule has 1 fully saturated rings. The fourth-order valence-corrected chi connectivity index (χ4v) is 3.23. The fraction of sp³-hybridized carbons (Fsp3) is 0.350. The van der Waals surface area contributed by atoms with E-state index in [4.69, 9.17) is 4.74 Å². The van der Waals surface area contributed by atoms with Crippen LogP contribution in [0.1, 0.15) is 6.92 Å². The Labute approximate surface area is 162 Å². The van der Waals surface area contributed by atoms with Crippen LogP contribution in [0.25, 0.3) is 11.2 Å². The van der Waals surface area contributed by atoms with Crippen molar-refractivity contribution in [2.75, 3.05) is 31.1 Å². The van der Waals surface area contributed by atoms with Crippen LogP contribution in [0.15, 0.2) is 35.1 Å². The molecule has 0 aliphatic carbocycles. The van der Waals surface area contributed by atoms with Gasteiger partial charge in [0.1, 0.15) is 5.75 Å². The SMILES string of the molecule is CC#CCn1c(N2CCNCC2)nc2nc(Oc3ccccc3)n(C)c(=O)c21. The number of hydrogen-bond acceptors (Lipinski definition) is 6. The minimum Gasteiger partial charge on any atom is -0.425 e. The number of imidazole rings is 1. The zero-order valence-corrected chi connectivity index (χ0v) is 16.0. The van der Waals surface area contributed by atoms with Gasteiger partial charge in [0.25, 0.3) is 5.56 Å². The summed E-state index contributed by atoms with van der Waals surface area (Å²) in [5, 5.41) is 3.33. The van der Waals surface area contributed by atoms with Crippen molar-refractivity contribution in [3.63, 3.8) is 0 Å². The number of nitrogens with one attached hydrogen (secondary N) is 1. The number of benzene rings is 1. The minimum atomic E-state index is -0.206. The topological polar surface area (TPSA) is 77.2 Å². The molecule has 1 aliphatic rings. The molecule has 1 aromatic carbocycles. The van der Waals surface area contributed by atoms with E-state index in [9.17, 15) is 4.79 Å². The van der Waals surface area contributed by atoms with Gasteiger partial charge in [0.15, 0.2) is 11.2 Å². The van der Waals surface area contributed by atoms with Crippen LogP contribution >= 0.6 is 0 Å². The highest BCUT2D eigenvalue weighted by Gasteiger charge is 2.23. The summed E-state index contributed by atoms with van der Waals surface area (Å²) in [6, 6.07) is 9.48. The molecule has 0 saturated carbocycles. The molecule has 4 rings (SSSR count). The van der Waals surface area contributed by atoms with Crippen LogP contribution in [0.4, 0.5) is 5.95 Å². The molecular weight excluding hydrogens is 356 g/mol. The van der Waals surface area contributed by atoms with Crippen LogP contribution in [-0.2, 0) is 13.6 Å². The van der Waals surface area contributed by atoms with Gasteiger partial charge in [-0.2, -0.15) is 9.97 Å². The second-order valence-electron chi connectivity index (χ2n) is 6.51. The number of aromatic nitrogens is 4. The molecule has 1 N–H and O–H groups in total. The van der Waals surface area contributed by atoms with Crippen molar-refractivity contribution >= 4 is 17.1 Å². The summed E-state index contributed by atoms with van der Waals surface area (Å²) in [7, 11) is 1.65. The van der Waals surface area contributed by atoms with E-state index in [1.807, 2.05) is 34.9 Å². The molecule has 0 amide bonds. The summed E-state index contributed by atoms with van der Waals surface area (Å²) in [6.07, 6.45) is 0. The van der Waals surface area contributed by atoms with Crippen molar-refractivity contribution in [1.29, 1.82) is 0 Å². The molecule has 2 aromatic heterocycles. The first-order chi connectivity index (χ1) is 13.7. The smallest absolute Gasteiger partial charge is 0.306 e. The van der Waals surface area contributed by atoms with E-state index in [0.29, 0.717) is 23.5 Å². The Morgan fingerprint density at radius 2 is 1.93 bits per heavy atom. The minimum absolute atomic E-state index is 0.206. The molecule has 8 nitrogen and oxygen atoms in total. The average molecular weight is 378 g/mol. The number of anilines is 1. The largest absolute Gasteiger partial charge is 0.425 e. The normalized spacial score (nSPS) is 14.0. The van der Waals surface area contributed by atoms with Gasteiger partial charge < -0.3 is 15.0 Å². The van der Waals surface area contributed by atoms with E-state index < -0.39 is 0 Å². The summed E-state index contributed by atoms with van der Waals surface area (Å²) >= 11 is 0. The van der Waals surface area contributed by atoms with E-state index in [-0.39, 0.29) is 11.6 Å². The van der Waals surface area contributed by atoms with Crippen LogP contribution in [0.5, 0.6) is 11.8 Å². The zero-order chi connectivity index (χ0) is 19.5. The van der Waals surface area contributed by atoms with Crippen molar-refractivity contribution in [3.05, 3.63) is 40.7 Å². The molecule has 0 atom stereocenters. The first-order valence-corrected chi connectivity index (χ1v) is 9.24. The second-order valence-corrected chi connectivity index (χ2v) is 6.51. The van der Waals surface area contributed by atoms with Crippen molar-refractivity contribution in [3.8, 4) is 23.6 Å².